The van der Waals surface area contributed by atoms with E-state index in [4.69, 9.17) is 0 Å². The molecule has 0 aromatic heterocycles. The molecule has 1 aromatic carbocycles. The Morgan fingerprint density at radius 3 is 2.10 bits per heavy atom. The molecule has 8 nitrogen and oxygen atoms in total. The fraction of sp³-hybridized carbons (Fsp3) is 0.636. The predicted octanol–water partition coefficient (Wildman–Crippen LogP) is 1.16. The van der Waals surface area contributed by atoms with Crippen LogP contribution in [0.15, 0.2) is 23.1 Å². The van der Waals surface area contributed by atoms with Crippen LogP contribution in [0.2, 0.25) is 0 Å². The quantitative estimate of drug-likeness (QED) is 0.675. The molecule has 0 radical (unpaired) electrons. The van der Waals surface area contributed by atoms with Crippen LogP contribution < -0.4 is 0 Å². The highest BCUT2D eigenvalue weighted by Crippen LogP contribution is 2.24. The highest BCUT2D eigenvalue weighted by atomic mass is 32.2. The van der Waals surface area contributed by atoms with Crippen LogP contribution in [0.25, 0.3) is 0 Å². The number of hydrogen-bond donors (Lipinski definition) is 0. The molecule has 2 amide bonds. The number of nitrogens with zero attached hydrogens (tertiary/aromatic N) is 4. The molecule has 170 valence electrons. The van der Waals surface area contributed by atoms with Gasteiger partial charge in [0.1, 0.15) is 0 Å². The van der Waals surface area contributed by atoms with E-state index >= 15 is 0 Å². The van der Waals surface area contributed by atoms with E-state index in [1.807, 2.05) is 11.8 Å². The third-order valence-corrected chi connectivity index (χ3v) is 8.51. The fourth-order valence-corrected chi connectivity index (χ4v) is 6.15. The lowest BCUT2D eigenvalue weighted by Gasteiger charge is -2.35. The maximum absolute atomic E-state index is 13.2. The number of aryl methyl sites for hydroxylation is 1. The van der Waals surface area contributed by atoms with Gasteiger partial charge in [-0.2, -0.15) is 4.31 Å². The van der Waals surface area contributed by atoms with Gasteiger partial charge in [-0.25, -0.2) is 8.42 Å². The van der Waals surface area contributed by atoms with Gasteiger partial charge in [0.05, 0.1) is 11.4 Å². The van der Waals surface area contributed by atoms with E-state index in [9.17, 15) is 18.0 Å². The lowest BCUT2D eigenvalue weighted by atomic mass is 10.1. The van der Waals surface area contributed by atoms with Crippen LogP contribution in [0.5, 0.6) is 0 Å². The predicted molar refractivity (Wildman–Crippen MR) is 117 cm³/mol. The van der Waals surface area contributed by atoms with Crippen molar-refractivity contribution in [2.45, 2.75) is 37.5 Å². The molecule has 9 heteroatoms. The molecule has 0 atom stereocenters. The van der Waals surface area contributed by atoms with Gasteiger partial charge in [0, 0.05) is 57.9 Å². The van der Waals surface area contributed by atoms with Crippen LogP contribution in [-0.2, 0) is 14.8 Å². The minimum absolute atomic E-state index is 0.138. The normalized spacial score (nSPS) is 21.1. The molecule has 0 unspecified atom stereocenters. The molecule has 3 aliphatic heterocycles. The first kappa shape index (κ1) is 22.2. The summed E-state index contributed by atoms with van der Waals surface area (Å²) in [5, 5.41) is 0. The summed E-state index contributed by atoms with van der Waals surface area (Å²) < 4.78 is 27.3. The summed E-state index contributed by atoms with van der Waals surface area (Å²) in [6.45, 7) is 7.40. The van der Waals surface area contributed by atoms with Crippen molar-refractivity contribution in [2.24, 2.45) is 0 Å². The van der Waals surface area contributed by atoms with Crippen LogP contribution in [0.1, 0.15) is 41.6 Å². The molecular weight excluding hydrogens is 416 g/mol. The highest BCUT2D eigenvalue weighted by molar-refractivity contribution is 7.89. The van der Waals surface area contributed by atoms with E-state index in [-0.39, 0.29) is 16.7 Å². The second-order valence-corrected chi connectivity index (χ2v) is 10.7. The van der Waals surface area contributed by atoms with Crippen LogP contribution in [0, 0.1) is 6.92 Å². The summed E-state index contributed by atoms with van der Waals surface area (Å²) in [7, 11) is -3.56. The molecule has 4 rings (SSSR count). The van der Waals surface area contributed by atoms with Gasteiger partial charge in [-0.1, -0.05) is 6.07 Å². The van der Waals surface area contributed by atoms with Gasteiger partial charge >= 0.3 is 0 Å². The van der Waals surface area contributed by atoms with Crippen molar-refractivity contribution in [3.8, 4) is 0 Å². The van der Waals surface area contributed by atoms with Crippen LogP contribution in [0.4, 0.5) is 0 Å². The molecule has 3 fully saturated rings. The van der Waals surface area contributed by atoms with Gasteiger partial charge in [0.2, 0.25) is 15.9 Å². The summed E-state index contributed by atoms with van der Waals surface area (Å²) in [4.78, 5) is 31.5. The van der Waals surface area contributed by atoms with E-state index in [1.54, 1.807) is 17.0 Å². The molecule has 0 spiro atoms. The largest absolute Gasteiger partial charge is 0.342 e. The van der Waals surface area contributed by atoms with Gasteiger partial charge in [0.25, 0.3) is 5.91 Å². The topological polar surface area (TPSA) is 81.2 Å². The summed E-state index contributed by atoms with van der Waals surface area (Å²) in [6, 6.07) is 4.86. The molecule has 0 bridgehead atoms. The second-order valence-electron chi connectivity index (χ2n) is 8.74. The van der Waals surface area contributed by atoms with E-state index in [1.165, 1.54) is 10.4 Å². The Morgan fingerprint density at radius 2 is 1.45 bits per heavy atom. The lowest BCUT2D eigenvalue weighted by molar-refractivity contribution is -0.131. The molecule has 1 aromatic rings. The fourth-order valence-electron chi connectivity index (χ4n) is 4.61. The van der Waals surface area contributed by atoms with Gasteiger partial charge < -0.3 is 9.80 Å². The van der Waals surface area contributed by atoms with Crippen molar-refractivity contribution >= 4 is 21.8 Å². The minimum atomic E-state index is -3.56. The number of sulfonamides is 1. The van der Waals surface area contributed by atoms with Gasteiger partial charge in [-0.15, -0.1) is 0 Å². The Balaban J connectivity index is 1.40. The second kappa shape index (κ2) is 9.26. The number of carbonyl (C=O) groups is 2. The molecular formula is C22H32N4O4S. The number of benzene rings is 1. The average molecular weight is 449 g/mol. The first-order valence-corrected chi connectivity index (χ1v) is 12.7. The summed E-state index contributed by atoms with van der Waals surface area (Å²) >= 11 is 0. The van der Waals surface area contributed by atoms with Gasteiger partial charge in [-0.3, -0.25) is 14.5 Å². The highest BCUT2D eigenvalue weighted by Gasteiger charge is 2.30. The number of amides is 2. The zero-order valence-electron chi connectivity index (χ0n) is 18.3. The standard InChI is InChI=1S/C22H32N4O4S/c1-18-6-7-19(31(29,30)26-10-4-5-11-26)16-20(18)22(28)25-14-12-23(13-15-25)17-21(27)24-8-2-3-9-24/h6-7,16H,2-5,8-15,17H2,1H3. The monoisotopic (exact) mass is 448 g/mol. The molecule has 0 saturated carbocycles. The molecule has 31 heavy (non-hydrogen) atoms. The SMILES string of the molecule is Cc1ccc(S(=O)(=O)N2CCCC2)cc1C(=O)N1CCN(CC(=O)N2CCCC2)CC1. The third-order valence-electron chi connectivity index (χ3n) is 6.62. The van der Waals surface area contributed by atoms with Crippen LogP contribution >= 0.6 is 0 Å². The number of hydrogen-bond acceptors (Lipinski definition) is 5. The molecule has 3 saturated heterocycles. The first-order valence-electron chi connectivity index (χ1n) is 11.3. The van der Waals surface area contributed by atoms with Crippen LogP contribution in [0.3, 0.4) is 0 Å². The van der Waals surface area contributed by atoms with Crippen molar-refractivity contribution in [3.05, 3.63) is 29.3 Å². The smallest absolute Gasteiger partial charge is 0.254 e. The van der Waals surface area contributed by atoms with Crippen LogP contribution in [-0.4, -0.2) is 98.1 Å². The molecule has 0 aliphatic carbocycles. The zero-order chi connectivity index (χ0) is 22.0. The van der Waals surface area contributed by atoms with E-state index in [2.05, 4.69) is 4.90 Å². The Labute approximate surface area is 184 Å². The van der Waals surface area contributed by atoms with Gasteiger partial charge in [-0.05, 0) is 50.3 Å². The zero-order valence-corrected chi connectivity index (χ0v) is 19.1. The van der Waals surface area contributed by atoms with E-state index < -0.39 is 10.0 Å². The first-order chi connectivity index (χ1) is 14.9. The van der Waals surface area contributed by atoms with Gasteiger partial charge in [0.15, 0.2) is 0 Å². The summed E-state index contributed by atoms with van der Waals surface area (Å²) in [6.07, 6.45) is 3.92. The van der Waals surface area contributed by atoms with E-state index in [0.29, 0.717) is 51.4 Å². The Hall–Kier alpha value is -1.97. The van der Waals surface area contributed by atoms with Crippen molar-refractivity contribution in [1.82, 2.24) is 19.0 Å². The van der Waals surface area contributed by atoms with E-state index in [0.717, 1.165) is 44.3 Å². The maximum Gasteiger partial charge on any atom is 0.254 e. The third kappa shape index (κ3) is 4.78. The number of likely N-dealkylation sites (tertiary alicyclic amines) is 1. The number of piperazine rings is 1. The summed E-state index contributed by atoms with van der Waals surface area (Å²) in [5.41, 5.74) is 1.22. The molecule has 3 heterocycles. The lowest BCUT2D eigenvalue weighted by Crippen LogP contribution is -2.51. The average Bonchev–Trinajstić information content (AvgIpc) is 3.48. The Morgan fingerprint density at radius 1 is 0.839 bits per heavy atom. The molecule has 0 N–H and O–H groups in total. The van der Waals surface area contributed by atoms with Crippen molar-refractivity contribution in [1.29, 1.82) is 0 Å². The summed E-state index contributed by atoms with van der Waals surface area (Å²) in [5.74, 6) is 0.0365. The van der Waals surface area contributed by atoms with Crippen molar-refractivity contribution in [3.63, 3.8) is 0 Å². The Bertz CT molecular complexity index is 929. The number of rotatable bonds is 5. The van der Waals surface area contributed by atoms with Crippen molar-refractivity contribution in [2.75, 3.05) is 58.9 Å². The number of carbonyl (C=O) groups excluding carboxylic acids is 2. The van der Waals surface area contributed by atoms with Crippen molar-refractivity contribution < 1.29 is 18.0 Å². The minimum Gasteiger partial charge on any atom is -0.342 e. The Kier molecular flexibility index (Phi) is 6.64. The molecule has 3 aliphatic rings. The maximum atomic E-state index is 13.2.